The normalized spacial score (nSPS) is 7.83. The van der Waals surface area contributed by atoms with Gasteiger partial charge in [-0.2, -0.15) is 0 Å². The predicted molar refractivity (Wildman–Crippen MR) is 10.5 cm³/mol. The monoisotopic (exact) mass is 292 g/mol. The van der Waals surface area contributed by atoms with E-state index < -0.39 is 25.2 Å². The third-order valence-electron chi connectivity index (χ3n) is 0. The Hall–Kier alpha value is 3.23. The molecule has 0 atom stereocenters. The maximum absolute atomic E-state index is 8.52. The van der Waals surface area contributed by atoms with E-state index >= 15 is 0 Å². The van der Waals surface area contributed by atoms with E-state index in [1.165, 1.54) is 0 Å². The second-order valence-corrected chi connectivity index (χ2v) is 2.21. The van der Waals surface area contributed by atoms with Crippen molar-refractivity contribution in [3.63, 3.8) is 0 Å². The Kier molecular flexibility index (Phi) is 40.9. The largest absolute Gasteiger partial charge is 1.00 e. The zero-order valence-corrected chi connectivity index (χ0v) is 15.0. The number of hydrogen-bond acceptors (Lipinski definition) is 7. The summed E-state index contributed by atoms with van der Waals surface area (Å²) in [7, 11) is -5.17. The second kappa shape index (κ2) is 16.7. The van der Waals surface area contributed by atoms with Gasteiger partial charge in [0, 0.05) is 10.4 Å². The second-order valence-electron chi connectivity index (χ2n) is 0.597. The Labute approximate surface area is 141 Å². The molecule has 0 unspecified atom stereocenters. The van der Waals surface area contributed by atoms with Gasteiger partial charge in [-0.25, -0.2) is 0 Å². The van der Waals surface area contributed by atoms with Crippen LogP contribution in [0.15, 0.2) is 0 Å². The van der Waals surface area contributed by atoms with Crippen molar-refractivity contribution >= 4 is 10.4 Å². The van der Waals surface area contributed by atoms with Crippen molar-refractivity contribution in [1.29, 1.82) is 0 Å². The fourth-order valence-corrected chi connectivity index (χ4v) is 0. The molecule has 0 fully saturated rings. The van der Waals surface area contributed by atoms with Crippen molar-refractivity contribution in [1.82, 2.24) is 0 Å². The number of rotatable bonds is 0. The summed E-state index contributed by atoms with van der Waals surface area (Å²) in [6, 6.07) is 0. The molecule has 0 bridgehead atoms. The molecule has 0 rings (SSSR count). The van der Waals surface area contributed by atoms with Gasteiger partial charge in [0.2, 0.25) is 14.8 Å². The molecule has 7 nitrogen and oxygen atoms in total. The molecule has 0 aliphatic carbocycles. The van der Waals surface area contributed by atoms with Gasteiger partial charge in [0.25, 0.3) is 0 Å². The van der Waals surface area contributed by atoms with Crippen LogP contribution in [0.1, 0.15) is 0 Å². The minimum Gasteiger partial charge on any atom is -0.759 e. The van der Waals surface area contributed by atoms with Gasteiger partial charge >= 0.3 is 88.7 Å². The fourth-order valence-electron chi connectivity index (χ4n) is 0. The summed E-state index contributed by atoms with van der Waals surface area (Å²) in [6.07, 6.45) is 0. The van der Waals surface area contributed by atoms with Crippen molar-refractivity contribution in [2.24, 2.45) is 0 Å². The first kappa shape index (κ1) is 29.5. The van der Waals surface area contributed by atoms with E-state index in [4.69, 9.17) is 30.1 Å². The summed E-state index contributed by atoms with van der Waals surface area (Å²) in [6.45, 7) is 0. The Balaban J connectivity index is -0.0000000221. The van der Waals surface area contributed by atoms with Crippen LogP contribution in [-0.4, -0.2) is 17.5 Å². The molecule has 0 spiro atoms. The molecule has 0 aliphatic rings. The molecule has 0 saturated carbocycles. The van der Waals surface area contributed by atoms with Crippen molar-refractivity contribution in [2.45, 2.75) is 0 Å². The third kappa shape index (κ3) is 190. The predicted octanol–water partition coefficient (Wildman–Crippen LogP) is -13.9. The fraction of sp³-hybridized carbons (Fsp3) is 0. The maximum Gasteiger partial charge on any atom is 1.00 e. The molecule has 0 radical (unpaired) electrons. The van der Waals surface area contributed by atoms with Crippen LogP contribution >= 0.6 is 0 Å². The summed E-state index contributed by atoms with van der Waals surface area (Å²) >= 11 is -3.65. The number of halogens is 1. The average Bonchev–Trinajstić information content (AvgIpc) is 1.19. The molecule has 0 aromatic heterocycles. The van der Waals surface area contributed by atoms with E-state index in [1.807, 2.05) is 0 Å². The molecule has 0 saturated heterocycles. The summed E-state index contributed by atoms with van der Waals surface area (Å²) in [5.41, 5.74) is 0. The molecular weight excluding hydrogens is 293 g/mol. The van der Waals surface area contributed by atoms with Crippen LogP contribution in [0.25, 0.3) is 0 Å². The Bertz CT molecular complexity index is 130. The van der Waals surface area contributed by atoms with Crippen LogP contribution in [0.5, 0.6) is 0 Å². The minimum absolute atomic E-state index is 0. The van der Waals surface area contributed by atoms with Gasteiger partial charge in [0.05, 0.1) is 0 Å². The summed E-state index contributed by atoms with van der Waals surface area (Å²) in [5.74, 6) is 0. The Morgan fingerprint density at radius 1 is 0.833 bits per heavy atom. The molecule has 0 N–H and O–H groups in total. The zero-order valence-electron chi connectivity index (χ0n) is 6.64. The van der Waals surface area contributed by atoms with Crippen molar-refractivity contribution in [3.05, 3.63) is 0 Å². The van der Waals surface area contributed by atoms with Gasteiger partial charge in [-0.3, -0.25) is 8.42 Å². The van der Waals surface area contributed by atoms with Gasteiger partial charge in [0.1, 0.15) is 0 Å². The summed E-state index contributed by atoms with van der Waals surface area (Å²) in [5, 5.41) is 0. The first-order chi connectivity index (χ1) is 3.73. The van der Waals surface area contributed by atoms with Crippen molar-refractivity contribution < 1.29 is 134 Å². The quantitative estimate of drug-likeness (QED) is 0.244. The smallest absolute Gasteiger partial charge is 0.759 e. The van der Waals surface area contributed by atoms with Crippen molar-refractivity contribution in [2.75, 3.05) is 0 Å². The summed E-state index contributed by atoms with van der Waals surface area (Å²) < 4.78 is 59.6. The SMILES string of the molecule is O=S(=O)([O-])[O-].[Na+].[Na+].[Na+].[O-][Br+2]([O-])[O-]. The number of hydrogen-bond donors (Lipinski definition) is 0. The van der Waals surface area contributed by atoms with E-state index in [-0.39, 0.29) is 88.7 Å². The van der Waals surface area contributed by atoms with Crippen LogP contribution in [-0.2, 0) is 10.4 Å². The van der Waals surface area contributed by atoms with Gasteiger partial charge in [-0.05, 0) is 0 Å². The van der Waals surface area contributed by atoms with Gasteiger partial charge in [0.15, 0.2) is 0 Å². The van der Waals surface area contributed by atoms with Crippen LogP contribution in [0.3, 0.4) is 0 Å². The van der Waals surface area contributed by atoms with E-state index in [1.54, 1.807) is 0 Å². The van der Waals surface area contributed by atoms with Crippen LogP contribution < -0.4 is 101 Å². The molecule has 12 heavy (non-hydrogen) atoms. The molecule has 0 aromatic carbocycles. The first-order valence-electron chi connectivity index (χ1n) is 1.13. The molecule has 0 heterocycles. The van der Waals surface area contributed by atoms with Crippen LogP contribution in [0.4, 0.5) is 0 Å². The molecular formula is BrNa3O7S. The molecule has 12 heteroatoms. The topological polar surface area (TPSA) is 149 Å². The Morgan fingerprint density at radius 2 is 0.833 bits per heavy atom. The van der Waals surface area contributed by atoms with E-state index in [0.29, 0.717) is 0 Å². The van der Waals surface area contributed by atoms with E-state index in [9.17, 15) is 0 Å². The zero-order chi connectivity index (χ0) is 8.08. The molecule has 0 amide bonds. The van der Waals surface area contributed by atoms with Gasteiger partial charge < -0.3 is 21.7 Å². The van der Waals surface area contributed by atoms with Gasteiger partial charge in [-0.1, -0.05) is 0 Å². The maximum atomic E-state index is 8.52. The van der Waals surface area contributed by atoms with E-state index in [2.05, 4.69) is 0 Å². The molecule has 0 aromatic rings. The molecule has 58 valence electrons. The summed E-state index contributed by atoms with van der Waals surface area (Å²) in [4.78, 5) is 0. The Morgan fingerprint density at radius 3 is 0.833 bits per heavy atom. The standard InChI is InChI=1S/BrO3.3Na.H2O4S/c2-1(3)4;;;;1-5(2,3)4/h;;;;(H2,1,2,3,4)/q-1;3*+1;/p-2. The van der Waals surface area contributed by atoms with Crippen LogP contribution in [0, 0.1) is 14.8 Å². The van der Waals surface area contributed by atoms with E-state index in [0.717, 1.165) is 0 Å². The molecule has 0 aliphatic heterocycles. The average molecular weight is 293 g/mol. The minimum atomic E-state index is -5.17. The van der Waals surface area contributed by atoms with Crippen LogP contribution in [0.2, 0.25) is 0 Å². The van der Waals surface area contributed by atoms with Crippen molar-refractivity contribution in [3.8, 4) is 0 Å². The third-order valence-corrected chi connectivity index (χ3v) is 0. The van der Waals surface area contributed by atoms with Gasteiger partial charge in [-0.15, -0.1) is 0 Å². The first-order valence-corrected chi connectivity index (χ1v) is 4.41.